The molecule has 0 fully saturated rings. The highest BCUT2D eigenvalue weighted by Gasteiger charge is 2.17. The molecule has 8 nitrogen and oxygen atoms in total. The second-order valence-electron chi connectivity index (χ2n) is 7.85. The number of nitrogen functional groups attached to an aromatic ring is 2. The van der Waals surface area contributed by atoms with Gasteiger partial charge in [0.2, 0.25) is 12.7 Å². The van der Waals surface area contributed by atoms with Gasteiger partial charge in [0.1, 0.15) is 5.82 Å². The van der Waals surface area contributed by atoms with Crippen molar-refractivity contribution < 1.29 is 14.2 Å². The van der Waals surface area contributed by atoms with E-state index in [2.05, 4.69) is 15.3 Å². The Bertz CT molecular complexity index is 1280. The summed E-state index contributed by atoms with van der Waals surface area (Å²) in [5.41, 5.74) is 17.4. The molecule has 3 aromatic carbocycles. The van der Waals surface area contributed by atoms with Gasteiger partial charge in [-0.2, -0.15) is 4.98 Å². The lowest BCUT2D eigenvalue weighted by Gasteiger charge is -2.14. The Morgan fingerprint density at radius 3 is 2.50 bits per heavy atom. The summed E-state index contributed by atoms with van der Waals surface area (Å²) in [7, 11) is 0. The zero-order chi connectivity index (χ0) is 23.3. The Balaban J connectivity index is 1.30. The van der Waals surface area contributed by atoms with Gasteiger partial charge in [0.25, 0.3) is 0 Å². The van der Waals surface area contributed by atoms with E-state index in [0.717, 1.165) is 39.4 Å². The molecule has 8 heteroatoms. The number of hydrogen-bond donors (Lipinski definition) is 3. The molecule has 34 heavy (non-hydrogen) atoms. The number of fused-ring (bicyclic) bond motifs is 1. The van der Waals surface area contributed by atoms with Crippen molar-refractivity contribution in [2.75, 3.05) is 23.6 Å². The van der Waals surface area contributed by atoms with E-state index < -0.39 is 0 Å². The fraction of sp³-hybridized carbons (Fsp3) is 0.154. The van der Waals surface area contributed by atoms with E-state index in [1.165, 1.54) is 0 Å². The van der Waals surface area contributed by atoms with Gasteiger partial charge in [-0.3, -0.25) is 0 Å². The number of aromatic nitrogens is 2. The van der Waals surface area contributed by atoms with Gasteiger partial charge in [0, 0.05) is 23.4 Å². The van der Waals surface area contributed by atoms with Crippen LogP contribution in [0.4, 0.5) is 17.5 Å². The molecular formula is C26H25N5O3. The highest BCUT2D eigenvalue weighted by molar-refractivity contribution is 5.77. The van der Waals surface area contributed by atoms with Gasteiger partial charge in [-0.15, -0.1) is 0 Å². The van der Waals surface area contributed by atoms with Gasteiger partial charge in [0.15, 0.2) is 11.5 Å². The Labute approximate surface area is 197 Å². The van der Waals surface area contributed by atoms with E-state index in [4.69, 9.17) is 25.7 Å². The number of para-hydroxylation sites is 1. The summed E-state index contributed by atoms with van der Waals surface area (Å²) in [5, 5.41) is 3.42. The lowest BCUT2D eigenvalue weighted by Crippen LogP contribution is -2.08. The fourth-order valence-electron chi connectivity index (χ4n) is 3.89. The number of rotatable bonds is 8. The van der Waals surface area contributed by atoms with E-state index in [1.54, 1.807) is 0 Å². The SMILES string of the molecule is Nc1nc(N)c(-c2ccc(NCc3cccc4c3OCO4)cc2)c(COCc2ccccc2)n1. The van der Waals surface area contributed by atoms with Gasteiger partial charge < -0.3 is 31.0 Å². The van der Waals surface area contributed by atoms with Crippen molar-refractivity contribution in [2.45, 2.75) is 19.8 Å². The molecule has 0 atom stereocenters. The molecule has 0 bridgehead atoms. The first-order valence-corrected chi connectivity index (χ1v) is 10.9. The standard InChI is InChI=1S/C26H25N5O3/c27-25-23(21(30-26(28)31-25)15-32-14-17-5-2-1-3-6-17)18-9-11-20(12-10-18)29-13-19-7-4-8-22-24(19)34-16-33-22/h1-12,29H,13-16H2,(H4,27,28,30,31). The summed E-state index contributed by atoms with van der Waals surface area (Å²) in [6, 6.07) is 23.8. The van der Waals surface area contributed by atoms with Crippen molar-refractivity contribution >= 4 is 17.5 Å². The lowest BCUT2D eigenvalue weighted by molar-refractivity contribution is 0.105. The first-order valence-electron chi connectivity index (χ1n) is 10.9. The molecule has 1 aliphatic heterocycles. The minimum atomic E-state index is 0.124. The monoisotopic (exact) mass is 455 g/mol. The normalized spacial score (nSPS) is 12.0. The van der Waals surface area contributed by atoms with Crippen LogP contribution in [-0.2, 0) is 24.5 Å². The highest BCUT2D eigenvalue weighted by atomic mass is 16.7. The van der Waals surface area contributed by atoms with Crippen LogP contribution in [0.15, 0.2) is 72.8 Å². The summed E-state index contributed by atoms with van der Waals surface area (Å²) >= 11 is 0. The van der Waals surface area contributed by atoms with Gasteiger partial charge in [-0.05, 0) is 29.3 Å². The first kappa shape index (κ1) is 21.5. The zero-order valence-electron chi connectivity index (χ0n) is 18.5. The highest BCUT2D eigenvalue weighted by Crippen LogP contribution is 2.36. The van der Waals surface area contributed by atoms with Crippen molar-refractivity contribution in [1.82, 2.24) is 9.97 Å². The van der Waals surface area contributed by atoms with Gasteiger partial charge in [-0.25, -0.2) is 4.98 Å². The van der Waals surface area contributed by atoms with Gasteiger partial charge in [-0.1, -0.05) is 54.6 Å². The van der Waals surface area contributed by atoms with Gasteiger partial charge >= 0.3 is 0 Å². The molecule has 0 amide bonds. The summed E-state index contributed by atoms with van der Waals surface area (Å²) in [6.07, 6.45) is 0. The molecule has 1 aliphatic rings. The molecule has 4 aromatic rings. The lowest BCUT2D eigenvalue weighted by atomic mass is 10.0. The molecule has 0 saturated carbocycles. The summed E-state index contributed by atoms with van der Waals surface area (Å²) in [5.74, 6) is 2.01. The molecule has 5 N–H and O–H groups in total. The third kappa shape index (κ3) is 4.72. The number of hydrogen-bond acceptors (Lipinski definition) is 8. The maximum absolute atomic E-state index is 6.23. The Morgan fingerprint density at radius 1 is 0.853 bits per heavy atom. The number of anilines is 3. The van der Waals surface area contributed by atoms with Crippen LogP contribution in [0.25, 0.3) is 11.1 Å². The number of benzene rings is 3. The second-order valence-corrected chi connectivity index (χ2v) is 7.85. The predicted octanol–water partition coefficient (Wildman–Crippen LogP) is 4.37. The molecule has 0 unspecified atom stereocenters. The third-order valence-corrected chi connectivity index (χ3v) is 5.51. The second kappa shape index (κ2) is 9.68. The van der Waals surface area contributed by atoms with Crippen LogP contribution in [0.5, 0.6) is 11.5 Å². The Hall–Kier alpha value is -4.30. The van der Waals surface area contributed by atoms with Crippen LogP contribution in [0.2, 0.25) is 0 Å². The average molecular weight is 456 g/mol. The van der Waals surface area contributed by atoms with Crippen LogP contribution in [0.3, 0.4) is 0 Å². The molecule has 0 spiro atoms. The number of nitrogens with zero attached hydrogens (tertiary/aromatic N) is 2. The van der Waals surface area contributed by atoms with Crippen molar-refractivity contribution in [3.8, 4) is 22.6 Å². The van der Waals surface area contributed by atoms with Crippen LogP contribution in [-0.4, -0.2) is 16.8 Å². The molecular weight excluding hydrogens is 430 g/mol. The Morgan fingerprint density at radius 2 is 1.68 bits per heavy atom. The van der Waals surface area contributed by atoms with Gasteiger partial charge in [0.05, 0.1) is 18.9 Å². The minimum absolute atomic E-state index is 0.124. The number of nitrogens with two attached hydrogens (primary N) is 2. The zero-order valence-corrected chi connectivity index (χ0v) is 18.5. The molecule has 5 rings (SSSR count). The molecule has 1 aromatic heterocycles. The maximum atomic E-state index is 6.23. The van der Waals surface area contributed by atoms with E-state index in [9.17, 15) is 0 Å². The first-order chi connectivity index (χ1) is 16.7. The quantitative estimate of drug-likeness (QED) is 0.359. The number of nitrogens with one attached hydrogen (secondary N) is 1. The molecule has 0 aliphatic carbocycles. The van der Waals surface area contributed by atoms with Crippen molar-refractivity contribution in [3.05, 3.63) is 89.6 Å². The van der Waals surface area contributed by atoms with E-state index in [-0.39, 0.29) is 19.3 Å². The molecule has 172 valence electrons. The average Bonchev–Trinajstić information content (AvgIpc) is 3.33. The third-order valence-electron chi connectivity index (χ3n) is 5.51. The smallest absolute Gasteiger partial charge is 0.231 e. The van der Waals surface area contributed by atoms with Crippen LogP contribution >= 0.6 is 0 Å². The van der Waals surface area contributed by atoms with Crippen LogP contribution < -0.4 is 26.3 Å². The summed E-state index contributed by atoms with van der Waals surface area (Å²) < 4.78 is 16.9. The minimum Gasteiger partial charge on any atom is -0.454 e. The topological polar surface area (TPSA) is 118 Å². The van der Waals surface area contributed by atoms with E-state index in [0.29, 0.717) is 24.7 Å². The van der Waals surface area contributed by atoms with E-state index in [1.807, 2.05) is 72.8 Å². The van der Waals surface area contributed by atoms with Crippen molar-refractivity contribution in [3.63, 3.8) is 0 Å². The fourth-order valence-corrected chi connectivity index (χ4v) is 3.89. The summed E-state index contributed by atoms with van der Waals surface area (Å²) in [6.45, 7) is 1.59. The maximum Gasteiger partial charge on any atom is 0.231 e. The van der Waals surface area contributed by atoms with E-state index >= 15 is 0 Å². The molecule has 0 radical (unpaired) electrons. The number of ether oxygens (including phenoxy) is 3. The van der Waals surface area contributed by atoms with Crippen molar-refractivity contribution in [1.29, 1.82) is 0 Å². The Kier molecular flexibility index (Phi) is 6.13. The van der Waals surface area contributed by atoms with Crippen LogP contribution in [0, 0.1) is 0 Å². The largest absolute Gasteiger partial charge is 0.454 e. The van der Waals surface area contributed by atoms with Crippen molar-refractivity contribution in [2.24, 2.45) is 0 Å². The molecule has 2 heterocycles. The van der Waals surface area contributed by atoms with Crippen LogP contribution in [0.1, 0.15) is 16.8 Å². The predicted molar refractivity (Wildman–Crippen MR) is 131 cm³/mol. The summed E-state index contributed by atoms with van der Waals surface area (Å²) in [4.78, 5) is 8.55. The molecule has 0 saturated heterocycles.